The van der Waals surface area contributed by atoms with Gasteiger partial charge in [-0.05, 0) is 30.7 Å². The van der Waals surface area contributed by atoms with E-state index in [1.165, 1.54) is 0 Å². The van der Waals surface area contributed by atoms with Crippen LogP contribution in [0.15, 0.2) is 24.3 Å². The van der Waals surface area contributed by atoms with Crippen LogP contribution in [0.5, 0.6) is 5.75 Å². The molecular formula is C11H10ClNO. The summed E-state index contributed by atoms with van der Waals surface area (Å²) in [5.41, 5.74) is 1.95. The van der Waals surface area contributed by atoms with Crippen LogP contribution in [0.3, 0.4) is 0 Å². The predicted octanol–water partition coefficient (Wildman–Crippen LogP) is 3.21. The number of methoxy groups -OCH3 is 1. The number of aryl methyl sites for hydroxylation is 1. The molecule has 0 aliphatic rings. The molecule has 14 heavy (non-hydrogen) atoms. The summed E-state index contributed by atoms with van der Waals surface area (Å²) < 4.78 is 5.27. The average Bonchev–Trinajstić information content (AvgIpc) is 2.16. The standard InChI is InChI=1S/C11H10ClNO/c1-7-6-10(12)13-8-4-3-5-9(14-2)11(7)8/h3-6H,1-2H3. The summed E-state index contributed by atoms with van der Waals surface area (Å²) in [6.45, 7) is 2.00. The Morgan fingerprint density at radius 2 is 2.14 bits per heavy atom. The van der Waals surface area contributed by atoms with Crippen LogP contribution in [-0.2, 0) is 0 Å². The van der Waals surface area contributed by atoms with E-state index in [-0.39, 0.29) is 0 Å². The van der Waals surface area contributed by atoms with E-state index < -0.39 is 0 Å². The van der Waals surface area contributed by atoms with Crippen LogP contribution >= 0.6 is 11.6 Å². The normalized spacial score (nSPS) is 10.5. The highest BCUT2D eigenvalue weighted by atomic mass is 35.5. The maximum absolute atomic E-state index is 5.87. The highest BCUT2D eigenvalue weighted by Crippen LogP contribution is 2.28. The summed E-state index contributed by atoms with van der Waals surface area (Å²) in [5, 5.41) is 1.54. The van der Waals surface area contributed by atoms with Crippen molar-refractivity contribution in [2.45, 2.75) is 6.92 Å². The molecule has 0 saturated carbocycles. The molecular weight excluding hydrogens is 198 g/mol. The van der Waals surface area contributed by atoms with Gasteiger partial charge in [0.15, 0.2) is 0 Å². The lowest BCUT2D eigenvalue weighted by molar-refractivity contribution is 0.419. The summed E-state index contributed by atoms with van der Waals surface area (Å²) >= 11 is 5.87. The number of halogens is 1. The average molecular weight is 208 g/mol. The molecule has 0 aliphatic heterocycles. The first-order valence-electron chi connectivity index (χ1n) is 4.32. The smallest absolute Gasteiger partial charge is 0.130 e. The topological polar surface area (TPSA) is 22.1 Å². The van der Waals surface area contributed by atoms with E-state index >= 15 is 0 Å². The zero-order chi connectivity index (χ0) is 10.1. The number of aromatic nitrogens is 1. The maximum atomic E-state index is 5.87. The maximum Gasteiger partial charge on any atom is 0.130 e. The van der Waals surface area contributed by atoms with E-state index in [9.17, 15) is 0 Å². The van der Waals surface area contributed by atoms with Crippen molar-refractivity contribution in [2.75, 3.05) is 7.11 Å². The number of benzene rings is 1. The SMILES string of the molecule is COc1cccc2nc(Cl)cc(C)c12. The molecule has 1 aromatic heterocycles. The molecule has 72 valence electrons. The van der Waals surface area contributed by atoms with Gasteiger partial charge in [0.2, 0.25) is 0 Å². The molecule has 0 radical (unpaired) electrons. The number of nitrogens with zero attached hydrogens (tertiary/aromatic N) is 1. The van der Waals surface area contributed by atoms with Gasteiger partial charge in [0.05, 0.1) is 12.6 Å². The Labute approximate surface area is 87.5 Å². The molecule has 0 bridgehead atoms. The summed E-state index contributed by atoms with van der Waals surface area (Å²) in [5.74, 6) is 0.837. The van der Waals surface area contributed by atoms with Crippen LogP contribution in [-0.4, -0.2) is 12.1 Å². The number of ether oxygens (including phenoxy) is 1. The van der Waals surface area contributed by atoms with Crippen molar-refractivity contribution < 1.29 is 4.74 Å². The van der Waals surface area contributed by atoms with E-state index in [1.807, 2.05) is 31.2 Å². The van der Waals surface area contributed by atoms with Gasteiger partial charge in [0.1, 0.15) is 10.9 Å². The van der Waals surface area contributed by atoms with Crippen molar-refractivity contribution in [1.82, 2.24) is 4.98 Å². The van der Waals surface area contributed by atoms with Crippen LogP contribution < -0.4 is 4.74 Å². The molecule has 0 aliphatic carbocycles. The molecule has 0 fully saturated rings. The second-order valence-electron chi connectivity index (χ2n) is 3.12. The molecule has 2 rings (SSSR count). The second kappa shape index (κ2) is 3.46. The van der Waals surface area contributed by atoms with Crippen molar-refractivity contribution in [3.63, 3.8) is 0 Å². The van der Waals surface area contributed by atoms with Gasteiger partial charge >= 0.3 is 0 Å². The first-order valence-corrected chi connectivity index (χ1v) is 4.70. The van der Waals surface area contributed by atoms with Gasteiger partial charge in [0.25, 0.3) is 0 Å². The van der Waals surface area contributed by atoms with E-state index in [1.54, 1.807) is 7.11 Å². The lowest BCUT2D eigenvalue weighted by Crippen LogP contribution is -1.89. The molecule has 0 N–H and O–H groups in total. The van der Waals surface area contributed by atoms with Crippen LogP contribution in [0.2, 0.25) is 5.15 Å². The molecule has 1 heterocycles. The quantitative estimate of drug-likeness (QED) is 0.670. The van der Waals surface area contributed by atoms with E-state index in [0.29, 0.717) is 5.15 Å². The fraction of sp³-hybridized carbons (Fsp3) is 0.182. The summed E-state index contributed by atoms with van der Waals surface area (Å²) in [6, 6.07) is 7.60. The van der Waals surface area contributed by atoms with Crippen molar-refractivity contribution in [1.29, 1.82) is 0 Å². The van der Waals surface area contributed by atoms with Crippen molar-refractivity contribution in [3.8, 4) is 5.75 Å². The molecule has 0 atom stereocenters. The van der Waals surface area contributed by atoms with Crippen LogP contribution in [0.4, 0.5) is 0 Å². The van der Waals surface area contributed by atoms with Crippen LogP contribution in [0.1, 0.15) is 5.56 Å². The molecule has 0 amide bonds. The largest absolute Gasteiger partial charge is 0.496 e. The minimum absolute atomic E-state index is 0.517. The molecule has 0 saturated heterocycles. The van der Waals surface area contributed by atoms with Crippen LogP contribution in [0.25, 0.3) is 10.9 Å². The third kappa shape index (κ3) is 1.42. The summed E-state index contributed by atoms with van der Waals surface area (Å²) in [6.07, 6.45) is 0. The molecule has 2 aromatic rings. The third-order valence-corrected chi connectivity index (χ3v) is 2.37. The Kier molecular flexibility index (Phi) is 2.30. The Balaban J connectivity index is 2.87. The highest BCUT2D eigenvalue weighted by molar-refractivity contribution is 6.30. The third-order valence-electron chi connectivity index (χ3n) is 2.18. The Morgan fingerprint density at radius 1 is 1.36 bits per heavy atom. The van der Waals surface area contributed by atoms with Gasteiger partial charge in [-0.15, -0.1) is 0 Å². The zero-order valence-electron chi connectivity index (χ0n) is 8.04. The predicted molar refractivity (Wildman–Crippen MR) is 58.0 cm³/mol. The second-order valence-corrected chi connectivity index (χ2v) is 3.50. The first-order chi connectivity index (χ1) is 6.72. The Bertz CT molecular complexity index is 482. The van der Waals surface area contributed by atoms with Gasteiger partial charge in [0, 0.05) is 5.39 Å². The van der Waals surface area contributed by atoms with Crippen molar-refractivity contribution in [3.05, 3.63) is 35.0 Å². The molecule has 0 unspecified atom stereocenters. The highest BCUT2D eigenvalue weighted by Gasteiger charge is 2.05. The van der Waals surface area contributed by atoms with E-state index in [2.05, 4.69) is 4.98 Å². The minimum Gasteiger partial charge on any atom is -0.496 e. The molecule has 0 spiro atoms. The van der Waals surface area contributed by atoms with E-state index in [4.69, 9.17) is 16.3 Å². The molecule has 1 aromatic carbocycles. The van der Waals surface area contributed by atoms with Crippen molar-refractivity contribution >= 4 is 22.5 Å². The number of rotatable bonds is 1. The fourth-order valence-corrected chi connectivity index (χ4v) is 1.83. The Morgan fingerprint density at radius 3 is 2.86 bits per heavy atom. The zero-order valence-corrected chi connectivity index (χ0v) is 8.80. The van der Waals surface area contributed by atoms with Gasteiger partial charge < -0.3 is 4.74 Å². The summed E-state index contributed by atoms with van der Waals surface area (Å²) in [4.78, 5) is 4.23. The minimum atomic E-state index is 0.517. The van der Waals surface area contributed by atoms with E-state index in [0.717, 1.165) is 22.2 Å². The molecule has 2 nitrogen and oxygen atoms in total. The fourth-order valence-electron chi connectivity index (χ4n) is 1.58. The molecule has 3 heteroatoms. The van der Waals surface area contributed by atoms with Gasteiger partial charge in [-0.1, -0.05) is 17.7 Å². The van der Waals surface area contributed by atoms with Gasteiger partial charge in [-0.25, -0.2) is 4.98 Å². The van der Waals surface area contributed by atoms with Gasteiger partial charge in [-0.2, -0.15) is 0 Å². The lowest BCUT2D eigenvalue weighted by Gasteiger charge is -2.07. The van der Waals surface area contributed by atoms with Gasteiger partial charge in [-0.3, -0.25) is 0 Å². The van der Waals surface area contributed by atoms with Crippen molar-refractivity contribution in [2.24, 2.45) is 0 Å². The number of fused-ring (bicyclic) bond motifs is 1. The monoisotopic (exact) mass is 207 g/mol. The Hall–Kier alpha value is -1.28. The number of hydrogen-bond donors (Lipinski definition) is 0. The van der Waals surface area contributed by atoms with Crippen LogP contribution in [0, 0.1) is 6.92 Å². The lowest BCUT2D eigenvalue weighted by atomic mass is 10.1. The summed E-state index contributed by atoms with van der Waals surface area (Å²) in [7, 11) is 1.66. The number of hydrogen-bond acceptors (Lipinski definition) is 2. The first kappa shape index (κ1) is 9.28. The number of pyridine rings is 1.